The van der Waals surface area contributed by atoms with E-state index in [0.717, 1.165) is 5.56 Å². The number of aliphatic hydroxyl groups is 1. The van der Waals surface area contributed by atoms with Crippen LogP contribution in [0.4, 0.5) is 0 Å². The Bertz CT molecular complexity index is 529. The number of aliphatic hydroxyl groups excluding tert-OH is 1. The fourth-order valence-corrected chi connectivity index (χ4v) is 1.71. The molecule has 0 aliphatic rings. The molecule has 0 amide bonds. The maximum atomic E-state index is 9.16. The number of ether oxygens (including phenoxy) is 1. The first kappa shape index (κ1) is 11.9. The first-order valence-electron chi connectivity index (χ1n) is 5.18. The van der Waals surface area contributed by atoms with Crippen molar-refractivity contribution in [3.63, 3.8) is 0 Å². The van der Waals surface area contributed by atoms with Crippen LogP contribution in [0.2, 0.25) is 5.02 Å². The second-order valence-corrected chi connectivity index (χ2v) is 4.08. The Kier molecular flexibility index (Phi) is 3.61. The Morgan fingerprint density at radius 1 is 1.29 bits per heavy atom. The maximum absolute atomic E-state index is 9.16. The third-order valence-electron chi connectivity index (χ3n) is 2.34. The summed E-state index contributed by atoms with van der Waals surface area (Å²) in [6.07, 6.45) is 3.17. The molecule has 0 fully saturated rings. The summed E-state index contributed by atoms with van der Waals surface area (Å²) in [5, 5.41) is 9.70. The molecule has 4 heteroatoms. The molecule has 0 aliphatic heterocycles. The Morgan fingerprint density at radius 2 is 2.12 bits per heavy atom. The zero-order chi connectivity index (χ0) is 12.3. The Labute approximate surface area is 105 Å². The van der Waals surface area contributed by atoms with Gasteiger partial charge < -0.3 is 9.84 Å². The van der Waals surface area contributed by atoms with Gasteiger partial charge in [-0.3, -0.25) is 4.98 Å². The number of pyridine rings is 1. The van der Waals surface area contributed by atoms with Crippen LogP contribution in [0.1, 0.15) is 11.1 Å². The number of hydrogen-bond acceptors (Lipinski definition) is 3. The second kappa shape index (κ2) is 5.17. The van der Waals surface area contributed by atoms with E-state index >= 15 is 0 Å². The maximum Gasteiger partial charge on any atom is 0.146 e. The van der Waals surface area contributed by atoms with Crippen molar-refractivity contribution in [2.24, 2.45) is 0 Å². The summed E-state index contributed by atoms with van der Waals surface area (Å²) in [7, 11) is 0. The highest BCUT2D eigenvalue weighted by molar-refractivity contribution is 6.32. The first-order chi connectivity index (χ1) is 8.20. The highest BCUT2D eigenvalue weighted by atomic mass is 35.5. The fraction of sp³-hybridized carbons (Fsp3) is 0.154. The molecule has 0 saturated carbocycles. The van der Waals surface area contributed by atoms with E-state index in [1.54, 1.807) is 24.5 Å². The number of hydrogen-bond donors (Lipinski definition) is 1. The lowest BCUT2D eigenvalue weighted by Gasteiger charge is -2.10. The summed E-state index contributed by atoms with van der Waals surface area (Å²) in [5.74, 6) is 1.13. The molecule has 0 spiro atoms. The van der Waals surface area contributed by atoms with Gasteiger partial charge in [0.05, 0.1) is 11.6 Å². The number of aryl methyl sites for hydroxylation is 1. The molecule has 1 aromatic heterocycles. The number of benzene rings is 1. The van der Waals surface area contributed by atoms with Gasteiger partial charge in [-0.1, -0.05) is 17.7 Å². The van der Waals surface area contributed by atoms with E-state index in [4.69, 9.17) is 21.4 Å². The number of aromatic nitrogens is 1. The van der Waals surface area contributed by atoms with Gasteiger partial charge in [-0.25, -0.2) is 0 Å². The molecular formula is C13H12ClNO2. The summed E-state index contributed by atoms with van der Waals surface area (Å²) < 4.78 is 5.65. The molecule has 3 nitrogen and oxygen atoms in total. The van der Waals surface area contributed by atoms with Crippen LogP contribution in [0.3, 0.4) is 0 Å². The fourth-order valence-electron chi connectivity index (χ4n) is 1.44. The van der Waals surface area contributed by atoms with Gasteiger partial charge in [0, 0.05) is 18.0 Å². The average molecular weight is 250 g/mol. The minimum Gasteiger partial charge on any atom is -0.455 e. The molecule has 2 rings (SSSR count). The molecular weight excluding hydrogens is 238 g/mol. The van der Waals surface area contributed by atoms with E-state index in [0.29, 0.717) is 22.1 Å². The number of halogens is 1. The van der Waals surface area contributed by atoms with Crippen LogP contribution < -0.4 is 4.74 Å². The molecule has 0 radical (unpaired) electrons. The number of nitrogens with zero attached hydrogens (tertiary/aromatic N) is 1. The first-order valence-corrected chi connectivity index (χ1v) is 5.56. The molecule has 0 aliphatic carbocycles. The third kappa shape index (κ3) is 2.75. The van der Waals surface area contributed by atoms with Crippen LogP contribution >= 0.6 is 11.6 Å². The summed E-state index contributed by atoms with van der Waals surface area (Å²) in [6, 6.07) is 7.25. The Hall–Kier alpha value is -1.58. The molecule has 17 heavy (non-hydrogen) atoms. The van der Waals surface area contributed by atoms with E-state index in [1.165, 1.54) is 0 Å². The van der Waals surface area contributed by atoms with Crippen LogP contribution in [0.5, 0.6) is 11.5 Å². The molecule has 0 bridgehead atoms. The minimum absolute atomic E-state index is 0.118. The van der Waals surface area contributed by atoms with Crippen molar-refractivity contribution in [3.05, 3.63) is 52.8 Å². The van der Waals surface area contributed by atoms with Gasteiger partial charge in [0.1, 0.15) is 11.5 Å². The van der Waals surface area contributed by atoms with Crippen molar-refractivity contribution in [2.75, 3.05) is 0 Å². The van der Waals surface area contributed by atoms with Gasteiger partial charge >= 0.3 is 0 Å². The molecule has 2 aromatic rings. The predicted molar refractivity (Wildman–Crippen MR) is 66.4 cm³/mol. The average Bonchev–Trinajstić information content (AvgIpc) is 2.33. The van der Waals surface area contributed by atoms with Gasteiger partial charge in [0.15, 0.2) is 0 Å². The zero-order valence-electron chi connectivity index (χ0n) is 9.35. The summed E-state index contributed by atoms with van der Waals surface area (Å²) in [6.45, 7) is 1.84. The van der Waals surface area contributed by atoms with Gasteiger partial charge in [0.2, 0.25) is 0 Å². The third-order valence-corrected chi connectivity index (χ3v) is 2.63. The lowest BCUT2D eigenvalue weighted by atomic mass is 10.2. The smallest absolute Gasteiger partial charge is 0.146 e. The summed E-state index contributed by atoms with van der Waals surface area (Å²) in [5.41, 5.74) is 1.70. The summed E-state index contributed by atoms with van der Waals surface area (Å²) >= 11 is 6.07. The highest BCUT2D eigenvalue weighted by Gasteiger charge is 2.07. The van der Waals surface area contributed by atoms with Crippen molar-refractivity contribution in [3.8, 4) is 11.5 Å². The van der Waals surface area contributed by atoms with Crippen LogP contribution in [0.25, 0.3) is 0 Å². The lowest BCUT2D eigenvalue weighted by Crippen LogP contribution is -1.93. The molecule has 0 saturated heterocycles. The largest absolute Gasteiger partial charge is 0.455 e. The van der Waals surface area contributed by atoms with Gasteiger partial charge in [-0.15, -0.1) is 0 Å². The molecule has 0 atom stereocenters. The normalized spacial score (nSPS) is 10.3. The molecule has 1 aromatic carbocycles. The van der Waals surface area contributed by atoms with Gasteiger partial charge in [0.25, 0.3) is 0 Å². The van der Waals surface area contributed by atoms with Crippen LogP contribution in [0, 0.1) is 6.92 Å². The molecule has 0 unspecified atom stereocenters. The Balaban J connectivity index is 2.31. The van der Waals surface area contributed by atoms with E-state index in [1.807, 2.05) is 19.1 Å². The van der Waals surface area contributed by atoms with Gasteiger partial charge in [-0.2, -0.15) is 0 Å². The highest BCUT2D eigenvalue weighted by Crippen LogP contribution is 2.31. The topological polar surface area (TPSA) is 42.4 Å². The van der Waals surface area contributed by atoms with Crippen molar-refractivity contribution >= 4 is 11.6 Å². The zero-order valence-corrected chi connectivity index (χ0v) is 10.1. The molecule has 88 valence electrons. The monoisotopic (exact) mass is 249 g/mol. The summed E-state index contributed by atoms with van der Waals surface area (Å²) in [4.78, 5) is 3.92. The van der Waals surface area contributed by atoms with Crippen LogP contribution in [-0.2, 0) is 6.61 Å². The predicted octanol–water partition coefficient (Wildman–Crippen LogP) is 3.33. The Morgan fingerprint density at radius 3 is 2.82 bits per heavy atom. The van der Waals surface area contributed by atoms with Crippen molar-refractivity contribution in [1.29, 1.82) is 0 Å². The van der Waals surface area contributed by atoms with Crippen molar-refractivity contribution < 1.29 is 9.84 Å². The van der Waals surface area contributed by atoms with Crippen LogP contribution in [-0.4, -0.2) is 10.1 Å². The van der Waals surface area contributed by atoms with E-state index in [2.05, 4.69) is 4.98 Å². The van der Waals surface area contributed by atoms with E-state index < -0.39 is 0 Å². The standard InChI is InChI=1S/C13H12ClNO2/c1-9-2-3-13(11(14)6-9)17-12-4-5-15-7-10(12)8-16/h2-7,16H,8H2,1H3. The van der Waals surface area contributed by atoms with Crippen molar-refractivity contribution in [1.82, 2.24) is 4.98 Å². The minimum atomic E-state index is -0.118. The number of rotatable bonds is 3. The van der Waals surface area contributed by atoms with E-state index in [-0.39, 0.29) is 6.61 Å². The van der Waals surface area contributed by atoms with Crippen LogP contribution in [0.15, 0.2) is 36.7 Å². The lowest BCUT2D eigenvalue weighted by molar-refractivity contribution is 0.276. The quantitative estimate of drug-likeness (QED) is 0.907. The molecule has 1 heterocycles. The SMILES string of the molecule is Cc1ccc(Oc2ccncc2CO)c(Cl)c1. The molecule has 1 N–H and O–H groups in total. The second-order valence-electron chi connectivity index (χ2n) is 3.68. The van der Waals surface area contributed by atoms with Gasteiger partial charge in [-0.05, 0) is 30.7 Å². The van der Waals surface area contributed by atoms with Crippen molar-refractivity contribution in [2.45, 2.75) is 13.5 Å². The van der Waals surface area contributed by atoms with E-state index in [9.17, 15) is 0 Å².